The maximum absolute atomic E-state index is 11.3. The lowest BCUT2D eigenvalue weighted by Gasteiger charge is -2.59. The quantitative estimate of drug-likeness (QED) is 0.689. The van der Waals surface area contributed by atoms with Crippen LogP contribution in [0.1, 0.15) is 64.2 Å². The SMILES string of the molecule is NC(=O)CC1CCC(O)(OC2(O)C3CC4CC(C3)CC2C4)CC1. The van der Waals surface area contributed by atoms with E-state index in [0.29, 0.717) is 19.3 Å². The third-order valence-corrected chi connectivity index (χ3v) is 7.04. The molecule has 0 aliphatic heterocycles. The van der Waals surface area contributed by atoms with E-state index in [1.807, 2.05) is 0 Å². The van der Waals surface area contributed by atoms with Crippen molar-refractivity contribution in [2.75, 3.05) is 0 Å². The number of nitrogens with two attached hydrogens (primary N) is 1. The summed E-state index contributed by atoms with van der Waals surface area (Å²) in [7, 11) is 0. The van der Waals surface area contributed by atoms with Gasteiger partial charge in [-0.15, -0.1) is 0 Å². The predicted octanol–water partition coefficient (Wildman–Crippen LogP) is 1.90. The second-order valence-corrected chi connectivity index (χ2v) is 8.72. The van der Waals surface area contributed by atoms with Gasteiger partial charge in [0.1, 0.15) is 0 Å². The molecule has 0 unspecified atom stereocenters. The van der Waals surface area contributed by atoms with E-state index in [4.69, 9.17) is 10.5 Å². The zero-order valence-electron chi connectivity index (χ0n) is 13.7. The molecule has 0 spiro atoms. The Hall–Kier alpha value is -0.650. The van der Waals surface area contributed by atoms with E-state index in [-0.39, 0.29) is 23.7 Å². The second-order valence-electron chi connectivity index (χ2n) is 8.72. The molecule has 130 valence electrons. The number of hydrogen-bond donors (Lipinski definition) is 3. The summed E-state index contributed by atoms with van der Waals surface area (Å²) in [5, 5.41) is 22.1. The lowest BCUT2D eigenvalue weighted by atomic mass is 9.53. The molecule has 0 aromatic rings. The van der Waals surface area contributed by atoms with Gasteiger partial charge in [0.2, 0.25) is 5.91 Å². The molecular weight excluding hydrogens is 294 g/mol. The molecule has 0 saturated heterocycles. The number of primary amides is 1. The molecule has 4 N–H and O–H groups in total. The van der Waals surface area contributed by atoms with Gasteiger partial charge in [0.25, 0.3) is 0 Å². The Bertz CT molecular complexity index is 455. The molecule has 0 aromatic heterocycles. The van der Waals surface area contributed by atoms with Gasteiger partial charge in [0, 0.05) is 31.1 Å². The summed E-state index contributed by atoms with van der Waals surface area (Å²) in [5.74, 6) is -0.538. The third-order valence-electron chi connectivity index (χ3n) is 7.04. The molecule has 0 heterocycles. The van der Waals surface area contributed by atoms with Crippen molar-refractivity contribution < 1.29 is 19.7 Å². The number of carbonyl (C=O) groups is 1. The van der Waals surface area contributed by atoms with Crippen LogP contribution in [0.2, 0.25) is 0 Å². The smallest absolute Gasteiger partial charge is 0.217 e. The monoisotopic (exact) mass is 323 g/mol. The summed E-state index contributed by atoms with van der Waals surface area (Å²) in [6, 6.07) is 0. The summed E-state index contributed by atoms with van der Waals surface area (Å²) in [6.45, 7) is 0. The molecule has 5 aliphatic carbocycles. The van der Waals surface area contributed by atoms with Gasteiger partial charge < -0.3 is 20.7 Å². The van der Waals surface area contributed by atoms with Gasteiger partial charge >= 0.3 is 0 Å². The molecule has 5 heteroatoms. The first-order chi connectivity index (χ1) is 10.9. The summed E-state index contributed by atoms with van der Waals surface area (Å²) in [4.78, 5) is 11.1. The summed E-state index contributed by atoms with van der Waals surface area (Å²) < 4.78 is 6.09. The van der Waals surface area contributed by atoms with Crippen LogP contribution >= 0.6 is 0 Å². The van der Waals surface area contributed by atoms with Gasteiger partial charge in [-0.2, -0.15) is 0 Å². The van der Waals surface area contributed by atoms with E-state index in [2.05, 4.69) is 0 Å². The van der Waals surface area contributed by atoms with Gasteiger partial charge in [-0.1, -0.05) is 0 Å². The Morgan fingerprint density at radius 2 is 1.52 bits per heavy atom. The number of ether oxygens (including phenoxy) is 1. The van der Waals surface area contributed by atoms with Crippen LogP contribution in [0.5, 0.6) is 0 Å². The van der Waals surface area contributed by atoms with Crippen molar-refractivity contribution in [3.05, 3.63) is 0 Å². The molecule has 5 rings (SSSR count). The molecule has 0 aromatic carbocycles. The Morgan fingerprint density at radius 3 is 2.00 bits per heavy atom. The Balaban J connectivity index is 1.42. The van der Waals surface area contributed by atoms with Crippen molar-refractivity contribution >= 4 is 5.91 Å². The minimum atomic E-state index is -1.24. The zero-order chi connectivity index (χ0) is 16.2. The molecule has 5 aliphatic rings. The van der Waals surface area contributed by atoms with Gasteiger partial charge in [-0.05, 0) is 62.7 Å². The lowest BCUT2D eigenvalue weighted by molar-refractivity contribution is -0.401. The fourth-order valence-corrected chi connectivity index (χ4v) is 6.05. The topological polar surface area (TPSA) is 92.8 Å². The van der Waals surface area contributed by atoms with Gasteiger partial charge in [0.15, 0.2) is 11.6 Å². The second kappa shape index (κ2) is 5.43. The number of carbonyl (C=O) groups excluding carboxylic acids is 1. The first-order valence-corrected chi connectivity index (χ1v) is 9.29. The highest BCUT2D eigenvalue weighted by Gasteiger charge is 2.60. The Morgan fingerprint density at radius 1 is 1.00 bits per heavy atom. The zero-order valence-corrected chi connectivity index (χ0v) is 13.7. The third kappa shape index (κ3) is 2.81. The van der Waals surface area contributed by atoms with E-state index in [1.54, 1.807) is 0 Å². The van der Waals surface area contributed by atoms with Crippen molar-refractivity contribution in [3.8, 4) is 0 Å². The highest BCUT2D eigenvalue weighted by atomic mass is 16.7. The number of amides is 1. The molecular formula is C18H29NO4. The van der Waals surface area contributed by atoms with Crippen LogP contribution < -0.4 is 5.73 Å². The first kappa shape index (κ1) is 15.9. The molecule has 1 amide bonds. The number of hydrogen-bond acceptors (Lipinski definition) is 4. The van der Waals surface area contributed by atoms with E-state index in [1.165, 1.54) is 6.42 Å². The van der Waals surface area contributed by atoms with Crippen molar-refractivity contribution in [1.29, 1.82) is 0 Å². The average Bonchev–Trinajstić information content (AvgIpc) is 2.46. The minimum Gasteiger partial charge on any atom is -0.370 e. The summed E-state index contributed by atoms with van der Waals surface area (Å²) >= 11 is 0. The Labute approximate surface area is 137 Å². The van der Waals surface area contributed by atoms with Crippen LogP contribution in [0.3, 0.4) is 0 Å². The first-order valence-electron chi connectivity index (χ1n) is 9.29. The normalized spacial score (nSPS) is 51.8. The fourth-order valence-electron chi connectivity index (χ4n) is 6.05. The van der Waals surface area contributed by atoms with Crippen LogP contribution in [-0.2, 0) is 9.53 Å². The highest BCUT2D eigenvalue weighted by molar-refractivity contribution is 5.73. The van der Waals surface area contributed by atoms with Crippen LogP contribution in [-0.4, -0.2) is 27.7 Å². The van der Waals surface area contributed by atoms with Crippen molar-refractivity contribution in [2.45, 2.75) is 75.8 Å². The molecule has 23 heavy (non-hydrogen) atoms. The average molecular weight is 323 g/mol. The summed E-state index contributed by atoms with van der Waals surface area (Å²) in [5.41, 5.74) is 5.27. The fraction of sp³-hybridized carbons (Fsp3) is 0.944. The van der Waals surface area contributed by atoms with E-state index < -0.39 is 11.6 Å². The molecule has 0 atom stereocenters. The van der Waals surface area contributed by atoms with Crippen LogP contribution in [0.25, 0.3) is 0 Å². The van der Waals surface area contributed by atoms with Crippen LogP contribution in [0, 0.1) is 29.6 Å². The van der Waals surface area contributed by atoms with Crippen molar-refractivity contribution in [3.63, 3.8) is 0 Å². The molecule has 5 saturated carbocycles. The highest BCUT2D eigenvalue weighted by Crippen LogP contribution is 2.59. The molecule has 0 radical (unpaired) electrons. The van der Waals surface area contributed by atoms with E-state index in [0.717, 1.165) is 50.4 Å². The number of aliphatic hydroxyl groups is 2. The standard InChI is InChI=1S/C18H29NO4/c19-16(20)10-11-1-3-17(21,4-2-11)23-18(22)14-6-12-5-13(8-14)9-15(18)7-12/h11-15,21-22H,1-10H2,(H2,19,20). The van der Waals surface area contributed by atoms with Gasteiger partial charge in [-0.3, -0.25) is 4.79 Å². The maximum Gasteiger partial charge on any atom is 0.217 e. The van der Waals surface area contributed by atoms with Crippen LogP contribution in [0.15, 0.2) is 0 Å². The molecule has 5 nitrogen and oxygen atoms in total. The van der Waals surface area contributed by atoms with Crippen LogP contribution in [0.4, 0.5) is 0 Å². The molecule has 5 fully saturated rings. The summed E-state index contributed by atoms with van der Waals surface area (Å²) in [6.07, 6.45) is 8.32. The lowest BCUT2D eigenvalue weighted by Crippen LogP contribution is -2.62. The largest absolute Gasteiger partial charge is 0.370 e. The van der Waals surface area contributed by atoms with Crippen molar-refractivity contribution in [1.82, 2.24) is 0 Å². The van der Waals surface area contributed by atoms with Gasteiger partial charge in [-0.25, -0.2) is 0 Å². The van der Waals surface area contributed by atoms with Crippen molar-refractivity contribution in [2.24, 2.45) is 35.3 Å². The molecule has 4 bridgehead atoms. The predicted molar refractivity (Wildman–Crippen MR) is 83.8 cm³/mol. The van der Waals surface area contributed by atoms with E-state index in [9.17, 15) is 15.0 Å². The number of rotatable bonds is 4. The maximum atomic E-state index is 11.3. The Kier molecular flexibility index (Phi) is 3.74. The van der Waals surface area contributed by atoms with E-state index >= 15 is 0 Å². The minimum absolute atomic E-state index is 0.186. The van der Waals surface area contributed by atoms with Gasteiger partial charge in [0.05, 0.1) is 0 Å².